The molecule has 2 N–H and O–H groups in total. The molecule has 2 atom stereocenters. The third kappa shape index (κ3) is 3.08. The first-order chi connectivity index (χ1) is 11.1. The van der Waals surface area contributed by atoms with E-state index in [4.69, 9.17) is 4.74 Å². The Hall–Kier alpha value is -1.95. The van der Waals surface area contributed by atoms with Gasteiger partial charge in [0.15, 0.2) is 0 Å². The van der Waals surface area contributed by atoms with Gasteiger partial charge in [-0.25, -0.2) is 4.39 Å². The molecule has 1 saturated heterocycles. The molecule has 124 valence electrons. The summed E-state index contributed by atoms with van der Waals surface area (Å²) < 4.78 is 18.8. The second-order valence-corrected chi connectivity index (χ2v) is 6.26. The molecule has 0 spiro atoms. The van der Waals surface area contributed by atoms with Crippen molar-refractivity contribution < 1.29 is 18.7 Å². The summed E-state index contributed by atoms with van der Waals surface area (Å²) in [6.07, 6.45) is 1.88. The van der Waals surface area contributed by atoms with Crippen molar-refractivity contribution in [3.05, 3.63) is 35.6 Å². The predicted molar refractivity (Wildman–Crippen MR) is 81.9 cm³/mol. The minimum atomic E-state index is -0.875. The van der Waals surface area contributed by atoms with E-state index < -0.39 is 5.41 Å². The van der Waals surface area contributed by atoms with Crippen LogP contribution < -0.4 is 10.6 Å². The summed E-state index contributed by atoms with van der Waals surface area (Å²) in [7, 11) is 1.55. The van der Waals surface area contributed by atoms with Crippen molar-refractivity contribution in [2.75, 3.05) is 20.2 Å². The highest BCUT2D eigenvalue weighted by atomic mass is 19.1. The summed E-state index contributed by atoms with van der Waals surface area (Å²) in [5, 5.41) is 5.46. The molecule has 6 heteroatoms. The Morgan fingerprint density at radius 3 is 2.57 bits per heavy atom. The highest BCUT2D eigenvalue weighted by Crippen LogP contribution is 2.46. The van der Waals surface area contributed by atoms with E-state index in [2.05, 4.69) is 10.6 Å². The van der Waals surface area contributed by atoms with E-state index in [1.807, 2.05) is 0 Å². The minimum Gasteiger partial charge on any atom is -0.373 e. The van der Waals surface area contributed by atoms with Crippen LogP contribution in [0.25, 0.3) is 0 Å². The summed E-state index contributed by atoms with van der Waals surface area (Å²) in [5.74, 6) is -0.572. The van der Waals surface area contributed by atoms with Crippen LogP contribution in [0.1, 0.15) is 30.9 Å². The molecular weight excluding hydrogens is 299 g/mol. The Morgan fingerprint density at radius 1 is 1.26 bits per heavy atom. The van der Waals surface area contributed by atoms with Crippen LogP contribution >= 0.6 is 0 Å². The standard InChI is InChI=1S/C17H21FN2O3/c1-19-15(21)17(7-8-17)16(22)20-10-12-6-9-23-14(12)11-2-4-13(18)5-3-11/h2-5,12,14H,6-10H2,1H3,(H,19,21)(H,20,22)/t12-,14-/m0/s1. The van der Waals surface area contributed by atoms with Gasteiger partial charge in [-0.15, -0.1) is 0 Å². The Morgan fingerprint density at radius 2 is 1.96 bits per heavy atom. The number of hydrogen-bond donors (Lipinski definition) is 2. The number of carbonyl (C=O) groups is 2. The number of halogens is 1. The van der Waals surface area contributed by atoms with E-state index in [1.165, 1.54) is 12.1 Å². The van der Waals surface area contributed by atoms with Gasteiger partial charge in [0.25, 0.3) is 0 Å². The zero-order valence-electron chi connectivity index (χ0n) is 13.1. The largest absolute Gasteiger partial charge is 0.373 e. The molecule has 2 aliphatic rings. The number of nitrogens with one attached hydrogen (secondary N) is 2. The van der Waals surface area contributed by atoms with E-state index in [1.54, 1.807) is 19.2 Å². The number of ether oxygens (including phenoxy) is 1. The van der Waals surface area contributed by atoms with Crippen LogP contribution in [-0.4, -0.2) is 32.0 Å². The predicted octanol–water partition coefficient (Wildman–Crippen LogP) is 1.55. The molecule has 0 radical (unpaired) electrons. The van der Waals surface area contributed by atoms with Gasteiger partial charge in [0, 0.05) is 26.1 Å². The highest BCUT2D eigenvalue weighted by molar-refractivity contribution is 6.07. The van der Waals surface area contributed by atoms with Crippen LogP contribution in [0.15, 0.2) is 24.3 Å². The number of rotatable bonds is 5. The summed E-state index contributed by atoms with van der Waals surface area (Å²) >= 11 is 0. The van der Waals surface area contributed by atoms with Crippen LogP contribution in [0, 0.1) is 17.2 Å². The summed E-state index contributed by atoms with van der Waals surface area (Å²) in [6.45, 7) is 1.07. The van der Waals surface area contributed by atoms with Gasteiger partial charge in [-0.2, -0.15) is 0 Å². The first-order valence-electron chi connectivity index (χ1n) is 7.94. The Labute approximate surface area is 134 Å². The molecule has 5 nitrogen and oxygen atoms in total. The van der Waals surface area contributed by atoms with Gasteiger partial charge in [-0.05, 0) is 37.0 Å². The van der Waals surface area contributed by atoms with Gasteiger partial charge in [0.2, 0.25) is 11.8 Å². The maximum atomic E-state index is 13.0. The molecule has 1 aliphatic carbocycles. The van der Waals surface area contributed by atoms with E-state index in [9.17, 15) is 14.0 Å². The molecule has 1 heterocycles. The lowest BCUT2D eigenvalue weighted by molar-refractivity contribution is -0.137. The van der Waals surface area contributed by atoms with E-state index in [0.717, 1.165) is 12.0 Å². The zero-order chi connectivity index (χ0) is 16.4. The van der Waals surface area contributed by atoms with Gasteiger partial charge in [-0.3, -0.25) is 9.59 Å². The molecule has 3 rings (SSSR count). The average molecular weight is 320 g/mol. The Balaban J connectivity index is 1.60. The Kier molecular flexibility index (Phi) is 4.35. The van der Waals surface area contributed by atoms with Crippen molar-refractivity contribution in [2.24, 2.45) is 11.3 Å². The molecule has 23 heavy (non-hydrogen) atoms. The molecule has 1 aliphatic heterocycles. The second-order valence-electron chi connectivity index (χ2n) is 6.26. The fraction of sp³-hybridized carbons (Fsp3) is 0.529. The smallest absolute Gasteiger partial charge is 0.235 e. The third-order valence-electron chi connectivity index (χ3n) is 4.78. The van der Waals surface area contributed by atoms with Crippen molar-refractivity contribution >= 4 is 11.8 Å². The molecule has 0 unspecified atom stereocenters. The van der Waals surface area contributed by atoms with Crippen LogP contribution in [0.5, 0.6) is 0 Å². The lowest BCUT2D eigenvalue weighted by atomic mass is 9.94. The number of hydrogen-bond acceptors (Lipinski definition) is 3. The van der Waals surface area contributed by atoms with Crippen molar-refractivity contribution in [3.63, 3.8) is 0 Å². The summed E-state index contributed by atoms with van der Waals surface area (Å²) in [6, 6.07) is 6.26. The maximum Gasteiger partial charge on any atom is 0.235 e. The normalized spacial score (nSPS) is 25.0. The summed E-state index contributed by atoms with van der Waals surface area (Å²) in [4.78, 5) is 24.1. The average Bonchev–Trinajstić information content (AvgIpc) is 3.25. The van der Waals surface area contributed by atoms with E-state index in [0.29, 0.717) is 26.0 Å². The zero-order valence-corrected chi connectivity index (χ0v) is 13.1. The van der Waals surface area contributed by atoms with Crippen LogP contribution in [0.3, 0.4) is 0 Å². The second kappa shape index (κ2) is 6.28. The van der Waals surface area contributed by atoms with E-state index >= 15 is 0 Å². The van der Waals surface area contributed by atoms with Crippen molar-refractivity contribution in [3.8, 4) is 0 Å². The first-order valence-corrected chi connectivity index (χ1v) is 7.94. The molecule has 0 aromatic heterocycles. The number of benzene rings is 1. The Bertz CT molecular complexity index is 598. The lowest BCUT2D eigenvalue weighted by Gasteiger charge is -2.21. The van der Waals surface area contributed by atoms with Gasteiger partial charge in [0.1, 0.15) is 11.2 Å². The fourth-order valence-electron chi connectivity index (χ4n) is 3.18. The van der Waals surface area contributed by atoms with Crippen molar-refractivity contribution in [1.29, 1.82) is 0 Å². The van der Waals surface area contributed by atoms with Crippen LogP contribution in [0.2, 0.25) is 0 Å². The molecule has 2 amide bonds. The topological polar surface area (TPSA) is 67.4 Å². The van der Waals surface area contributed by atoms with Gasteiger partial charge in [0.05, 0.1) is 6.10 Å². The van der Waals surface area contributed by atoms with Crippen LogP contribution in [-0.2, 0) is 14.3 Å². The van der Waals surface area contributed by atoms with Gasteiger partial charge >= 0.3 is 0 Å². The quantitative estimate of drug-likeness (QED) is 0.809. The molecule has 0 bridgehead atoms. The summed E-state index contributed by atoms with van der Waals surface area (Å²) in [5.41, 5.74) is 0.0372. The lowest BCUT2D eigenvalue weighted by Crippen LogP contribution is -2.43. The molecule has 1 aromatic carbocycles. The van der Waals surface area contributed by atoms with Gasteiger partial charge in [-0.1, -0.05) is 12.1 Å². The van der Waals surface area contributed by atoms with Crippen molar-refractivity contribution in [2.45, 2.75) is 25.4 Å². The van der Waals surface area contributed by atoms with E-state index in [-0.39, 0.29) is 29.7 Å². The monoisotopic (exact) mass is 320 g/mol. The number of carbonyl (C=O) groups excluding carboxylic acids is 2. The SMILES string of the molecule is CNC(=O)C1(C(=O)NC[C@@H]2CCO[C@H]2c2ccc(F)cc2)CC1. The molecular formula is C17H21FN2O3. The number of amides is 2. The highest BCUT2D eigenvalue weighted by Gasteiger charge is 2.56. The first kappa shape index (κ1) is 15.9. The van der Waals surface area contributed by atoms with Crippen molar-refractivity contribution in [1.82, 2.24) is 10.6 Å². The van der Waals surface area contributed by atoms with Gasteiger partial charge < -0.3 is 15.4 Å². The third-order valence-corrected chi connectivity index (χ3v) is 4.78. The fourth-order valence-corrected chi connectivity index (χ4v) is 3.18. The maximum absolute atomic E-state index is 13.0. The molecule has 1 aromatic rings. The molecule has 1 saturated carbocycles. The molecule has 2 fully saturated rings. The van der Waals surface area contributed by atoms with Crippen LogP contribution in [0.4, 0.5) is 4.39 Å². The minimum absolute atomic E-state index is 0.130.